The molecule has 1 heterocycles. The number of rotatable bonds is 3. The van der Waals surface area contributed by atoms with Gasteiger partial charge in [-0.1, -0.05) is 12.8 Å². The maximum Gasteiger partial charge on any atom is 0.236 e. The Morgan fingerprint density at radius 3 is 2.47 bits per heavy atom. The van der Waals surface area contributed by atoms with Crippen molar-refractivity contribution in [2.24, 2.45) is 0 Å². The molecule has 0 aromatic rings. The zero-order chi connectivity index (χ0) is 13.8. The van der Waals surface area contributed by atoms with Gasteiger partial charge in [0.15, 0.2) is 0 Å². The normalized spacial score (nSPS) is 29.8. The summed E-state index contributed by atoms with van der Waals surface area (Å²) in [5, 5.41) is 10.0. The molecule has 0 radical (unpaired) electrons. The average molecular weight is 269 g/mol. The van der Waals surface area contributed by atoms with E-state index in [1.165, 1.54) is 0 Å². The number of piperazine rings is 1. The number of likely N-dealkylation sites (N-methyl/N-ethyl adjacent to an activating group) is 2. The predicted molar refractivity (Wildman–Crippen MR) is 75.0 cm³/mol. The van der Waals surface area contributed by atoms with E-state index in [9.17, 15) is 9.90 Å². The quantitative estimate of drug-likeness (QED) is 0.783. The zero-order valence-corrected chi connectivity index (χ0v) is 12.2. The minimum absolute atomic E-state index is 0.158. The van der Waals surface area contributed by atoms with Crippen LogP contribution in [0, 0.1) is 0 Å². The molecule has 0 spiro atoms. The molecule has 2 unspecified atom stereocenters. The third-order valence-corrected chi connectivity index (χ3v) is 4.50. The van der Waals surface area contributed by atoms with E-state index in [1.54, 1.807) is 0 Å². The second-order valence-corrected chi connectivity index (χ2v) is 6.02. The molecule has 0 aromatic carbocycles. The molecule has 5 heteroatoms. The summed E-state index contributed by atoms with van der Waals surface area (Å²) in [7, 11) is 4.06. The first kappa shape index (κ1) is 14.8. The summed E-state index contributed by atoms with van der Waals surface area (Å²) in [6.07, 6.45) is 3.89. The van der Waals surface area contributed by atoms with Crippen LogP contribution in [0.15, 0.2) is 0 Å². The third-order valence-electron chi connectivity index (χ3n) is 4.50. The number of amides is 1. The molecule has 2 aliphatic rings. The summed E-state index contributed by atoms with van der Waals surface area (Å²) < 4.78 is 0. The fourth-order valence-electron chi connectivity index (χ4n) is 3.09. The summed E-state index contributed by atoms with van der Waals surface area (Å²) in [5.41, 5.74) is 0. The Balaban J connectivity index is 1.80. The Bertz CT molecular complexity index is 303. The van der Waals surface area contributed by atoms with Crippen molar-refractivity contribution in [2.45, 2.75) is 37.8 Å². The molecule has 1 aliphatic heterocycles. The molecular formula is C14H27N3O2. The molecule has 1 saturated heterocycles. The molecule has 5 nitrogen and oxygen atoms in total. The van der Waals surface area contributed by atoms with Gasteiger partial charge in [0.05, 0.1) is 12.6 Å². The van der Waals surface area contributed by atoms with E-state index in [1.807, 2.05) is 16.8 Å². The third kappa shape index (κ3) is 3.91. The lowest BCUT2D eigenvalue weighted by Crippen LogP contribution is -2.52. The highest BCUT2D eigenvalue weighted by Crippen LogP contribution is 2.22. The lowest BCUT2D eigenvalue weighted by Gasteiger charge is -2.37. The van der Waals surface area contributed by atoms with Gasteiger partial charge < -0.3 is 14.9 Å². The summed E-state index contributed by atoms with van der Waals surface area (Å²) >= 11 is 0. The highest BCUT2D eigenvalue weighted by Gasteiger charge is 2.29. The maximum absolute atomic E-state index is 12.2. The lowest BCUT2D eigenvalue weighted by atomic mass is 9.91. The molecule has 0 aromatic heterocycles. The first-order valence-corrected chi connectivity index (χ1v) is 7.42. The highest BCUT2D eigenvalue weighted by molar-refractivity contribution is 5.78. The summed E-state index contributed by atoms with van der Waals surface area (Å²) in [6.45, 7) is 4.02. The van der Waals surface area contributed by atoms with Gasteiger partial charge in [0.2, 0.25) is 5.91 Å². The van der Waals surface area contributed by atoms with Crippen molar-refractivity contribution in [3.63, 3.8) is 0 Å². The van der Waals surface area contributed by atoms with Gasteiger partial charge >= 0.3 is 0 Å². The van der Waals surface area contributed by atoms with E-state index in [0.717, 1.165) is 51.9 Å². The van der Waals surface area contributed by atoms with E-state index in [-0.39, 0.29) is 18.1 Å². The van der Waals surface area contributed by atoms with Gasteiger partial charge in [0, 0.05) is 32.2 Å². The number of aliphatic hydroxyl groups is 1. The van der Waals surface area contributed by atoms with Gasteiger partial charge in [-0.2, -0.15) is 0 Å². The highest BCUT2D eigenvalue weighted by atomic mass is 16.3. The van der Waals surface area contributed by atoms with Gasteiger partial charge in [-0.25, -0.2) is 0 Å². The zero-order valence-electron chi connectivity index (χ0n) is 12.2. The van der Waals surface area contributed by atoms with E-state index < -0.39 is 0 Å². The van der Waals surface area contributed by atoms with Crippen LogP contribution < -0.4 is 0 Å². The van der Waals surface area contributed by atoms with E-state index >= 15 is 0 Å². The predicted octanol–water partition coefficient (Wildman–Crippen LogP) is -0.00430. The van der Waals surface area contributed by atoms with Crippen LogP contribution in [0.5, 0.6) is 0 Å². The maximum atomic E-state index is 12.2. The van der Waals surface area contributed by atoms with Crippen LogP contribution in [0.1, 0.15) is 25.7 Å². The molecular weight excluding hydrogens is 242 g/mol. The molecule has 110 valence electrons. The van der Waals surface area contributed by atoms with Gasteiger partial charge in [-0.15, -0.1) is 0 Å². The van der Waals surface area contributed by atoms with Crippen molar-refractivity contribution in [3.05, 3.63) is 0 Å². The Kier molecular flexibility index (Phi) is 5.19. The fourth-order valence-corrected chi connectivity index (χ4v) is 3.09. The number of hydrogen-bond donors (Lipinski definition) is 1. The Morgan fingerprint density at radius 2 is 1.84 bits per heavy atom. The lowest BCUT2D eigenvalue weighted by molar-refractivity contribution is -0.135. The first-order chi connectivity index (χ1) is 9.08. The van der Waals surface area contributed by atoms with Crippen molar-refractivity contribution >= 4 is 5.91 Å². The second-order valence-electron chi connectivity index (χ2n) is 6.02. The molecule has 2 rings (SSSR count). The van der Waals surface area contributed by atoms with Crippen LogP contribution in [0.3, 0.4) is 0 Å². The van der Waals surface area contributed by atoms with E-state index in [4.69, 9.17) is 0 Å². The van der Waals surface area contributed by atoms with Gasteiger partial charge in [0.25, 0.3) is 0 Å². The second kappa shape index (κ2) is 6.68. The number of nitrogens with zero attached hydrogens (tertiary/aromatic N) is 3. The Morgan fingerprint density at radius 1 is 1.21 bits per heavy atom. The topological polar surface area (TPSA) is 47.0 Å². The van der Waals surface area contributed by atoms with Gasteiger partial charge in [0.1, 0.15) is 0 Å². The SMILES string of the molecule is CN1CCN(C(=O)CN(C)C2CCCCC2O)CC1. The molecule has 1 saturated carbocycles. The smallest absolute Gasteiger partial charge is 0.236 e. The summed E-state index contributed by atoms with van der Waals surface area (Å²) in [6, 6.07) is 0.158. The summed E-state index contributed by atoms with van der Waals surface area (Å²) in [4.78, 5) is 18.5. The largest absolute Gasteiger partial charge is 0.391 e. The van der Waals surface area contributed by atoms with Gasteiger partial charge in [-0.05, 0) is 26.9 Å². The molecule has 2 fully saturated rings. The monoisotopic (exact) mass is 269 g/mol. The molecule has 2 atom stereocenters. The van der Waals surface area contributed by atoms with Crippen LogP contribution in [0.4, 0.5) is 0 Å². The van der Waals surface area contributed by atoms with Crippen LogP contribution in [-0.4, -0.2) is 84.7 Å². The number of hydrogen-bond acceptors (Lipinski definition) is 4. The van der Waals surface area contributed by atoms with Crippen molar-refractivity contribution in [3.8, 4) is 0 Å². The molecule has 0 bridgehead atoms. The molecule has 1 aliphatic carbocycles. The minimum atomic E-state index is -0.265. The molecule has 19 heavy (non-hydrogen) atoms. The van der Waals surface area contributed by atoms with Crippen molar-refractivity contribution < 1.29 is 9.90 Å². The van der Waals surface area contributed by atoms with Crippen molar-refractivity contribution in [1.29, 1.82) is 0 Å². The van der Waals surface area contributed by atoms with Gasteiger partial charge in [-0.3, -0.25) is 9.69 Å². The van der Waals surface area contributed by atoms with Crippen LogP contribution in [0.25, 0.3) is 0 Å². The first-order valence-electron chi connectivity index (χ1n) is 7.42. The van der Waals surface area contributed by atoms with Crippen LogP contribution in [-0.2, 0) is 4.79 Å². The van der Waals surface area contributed by atoms with Crippen molar-refractivity contribution in [2.75, 3.05) is 46.8 Å². The van der Waals surface area contributed by atoms with E-state index in [2.05, 4.69) is 11.9 Å². The standard InChI is InChI=1S/C14H27N3O2/c1-15-7-9-17(10-8-15)14(19)11-16(2)12-5-3-4-6-13(12)18/h12-13,18H,3-11H2,1-2H3. The number of carbonyl (C=O) groups excluding carboxylic acids is 1. The molecule has 1 N–H and O–H groups in total. The molecule has 1 amide bonds. The Labute approximate surface area is 116 Å². The average Bonchev–Trinajstić information content (AvgIpc) is 2.39. The van der Waals surface area contributed by atoms with Crippen LogP contribution in [0.2, 0.25) is 0 Å². The van der Waals surface area contributed by atoms with E-state index in [0.29, 0.717) is 6.54 Å². The van der Waals surface area contributed by atoms with Crippen molar-refractivity contribution in [1.82, 2.24) is 14.7 Å². The van der Waals surface area contributed by atoms with Crippen LogP contribution >= 0.6 is 0 Å². The Hall–Kier alpha value is -0.650. The fraction of sp³-hybridized carbons (Fsp3) is 0.929. The minimum Gasteiger partial charge on any atom is -0.391 e. The number of carbonyl (C=O) groups is 1. The summed E-state index contributed by atoms with van der Waals surface area (Å²) in [5.74, 6) is 0.202. The number of aliphatic hydroxyl groups excluding tert-OH is 1.